The van der Waals surface area contributed by atoms with Gasteiger partial charge in [-0.3, -0.25) is 9.59 Å². The van der Waals surface area contributed by atoms with Gasteiger partial charge in [0.1, 0.15) is 0 Å². The molecule has 1 unspecified atom stereocenters. The van der Waals surface area contributed by atoms with Crippen molar-refractivity contribution in [1.29, 1.82) is 0 Å². The highest BCUT2D eigenvalue weighted by Gasteiger charge is 2.07. The van der Waals surface area contributed by atoms with Gasteiger partial charge in [-0.2, -0.15) is 0 Å². The minimum absolute atomic E-state index is 0.0255. The van der Waals surface area contributed by atoms with E-state index < -0.39 is 5.97 Å². The van der Waals surface area contributed by atoms with Crippen LogP contribution in [0, 0.1) is 0 Å². The Labute approximate surface area is 118 Å². The van der Waals surface area contributed by atoms with E-state index in [-0.39, 0.29) is 18.4 Å². The molecule has 0 fully saturated rings. The number of carbonyl (C=O) groups is 2. The van der Waals surface area contributed by atoms with Crippen LogP contribution in [0.15, 0.2) is 24.3 Å². The molecule has 20 heavy (non-hydrogen) atoms. The average Bonchev–Trinajstić information content (AvgIpc) is 2.43. The van der Waals surface area contributed by atoms with Crippen molar-refractivity contribution in [3.63, 3.8) is 0 Å². The van der Waals surface area contributed by atoms with E-state index in [1.165, 1.54) is 0 Å². The predicted octanol–water partition coefficient (Wildman–Crippen LogP) is 2.98. The van der Waals surface area contributed by atoms with Gasteiger partial charge in [-0.05, 0) is 37.5 Å². The van der Waals surface area contributed by atoms with Crippen LogP contribution in [0.3, 0.4) is 0 Å². The molecule has 0 aliphatic rings. The van der Waals surface area contributed by atoms with Crippen molar-refractivity contribution in [2.75, 3.05) is 12.4 Å². The number of carboxylic acids is 1. The van der Waals surface area contributed by atoms with Gasteiger partial charge < -0.3 is 15.2 Å². The molecule has 1 aromatic carbocycles. The summed E-state index contributed by atoms with van der Waals surface area (Å²) in [6.45, 7) is 1.94. The number of amides is 1. The van der Waals surface area contributed by atoms with Crippen molar-refractivity contribution in [2.45, 2.75) is 38.7 Å². The van der Waals surface area contributed by atoms with Crippen LogP contribution in [0.1, 0.15) is 44.3 Å². The number of hydrogen-bond acceptors (Lipinski definition) is 3. The number of aliphatic carboxylic acids is 1. The van der Waals surface area contributed by atoms with Crippen molar-refractivity contribution in [3.8, 4) is 0 Å². The molecule has 2 N–H and O–H groups in total. The monoisotopic (exact) mass is 279 g/mol. The van der Waals surface area contributed by atoms with Crippen molar-refractivity contribution in [3.05, 3.63) is 29.8 Å². The molecule has 1 atom stereocenters. The molecule has 0 aliphatic heterocycles. The molecule has 0 aliphatic carbocycles. The lowest BCUT2D eigenvalue weighted by molar-refractivity contribution is -0.137. The predicted molar refractivity (Wildman–Crippen MR) is 76.6 cm³/mol. The largest absolute Gasteiger partial charge is 0.481 e. The van der Waals surface area contributed by atoms with Gasteiger partial charge in [0.15, 0.2) is 0 Å². The highest BCUT2D eigenvalue weighted by molar-refractivity contribution is 5.90. The van der Waals surface area contributed by atoms with Gasteiger partial charge >= 0.3 is 5.97 Å². The maximum absolute atomic E-state index is 11.7. The highest BCUT2D eigenvalue weighted by atomic mass is 16.5. The summed E-state index contributed by atoms with van der Waals surface area (Å²) in [5.41, 5.74) is 1.73. The van der Waals surface area contributed by atoms with Crippen molar-refractivity contribution in [2.24, 2.45) is 0 Å². The molecule has 5 heteroatoms. The zero-order valence-electron chi connectivity index (χ0n) is 11.9. The van der Waals surface area contributed by atoms with E-state index >= 15 is 0 Å². The minimum Gasteiger partial charge on any atom is -0.481 e. The zero-order chi connectivity index (χ0) is 15.0. The van der Waals surface area contributed by atoms with Crippen LogP contribution in [0.25, 0.3) is 0 Å². The third-order valence-electron chi connectivity index (χ3n) is 3.04. The van der Waals surface area contributed by atoms with Gasteiger partial charge in [0.05, 0.1) is 6.10 Å². The summed E-state index contributed by atoms with van der Waals surface area (Å²) in [7, 11) is 1.64. The van der Waals surface area contributed by atoms with Gasteiger partial charge in [-0.15, -0.1) is 0 Å². The Balaban J connectivity index is 2.43. The van der Waals surface area contributed by atoms with E-state index in [0.29, 0.717) is 19.3 Å². The molecule has 5 nitrogen and oxygen atoms in total. The van der Waals surface area contributed by atoms with Crippen LogP contribution in [-0.2, 0) is 14.3 Å². The Bertz CT molecular complexity index is 459. The van der Waals surface area contributed by atoms with Crippen molar-refractivity contribution >= 4 is 17.6 Å². The van der Waals surface area contributed by atoms with Gasteiger partial charge in [0.2, 0.25) is 5.91 Å². The molecule has 0 saturated heterocycles. The Morgan fingerprint density at radius 3 is 2.65 bits per heavy atom. The summed E-state index contributed by atoms with van der Waals surface area (Å²) in [6.07, 6.45) is 1.50. The summed E-state index contributed by atoms with van der Waals surface area (Å²) in [6, 6.07) is 7.51. The van der Waals surface area contributed by atoms with Gasteiger partial charge in [-0.1, -0.05) is 12.1 Å². The highest BCUT2D eigenvalue weighted by Crippen LogP contribution is 2.19. The lowest BCUT2D eigenvalue weighted by Gasteiger charge is -2.12. The second-order valence-corrected chi connectivity index (χ2v) is 4.65. The number of anilines is 1. The lowest BCUT2D eigenvalue weighted by atomic mass is 10.1. The van der Waals surface area contributed by atoms with Crippen LogP contribution >= 0.6 is 0 Å². The number of carbonyl (C=O) groups excluding carboxylic acids is 1. The Kier molecular flexibility index (Phi) is 6.73. The number of ether oxygens (including phenoxy) is 1. The molecule has 1 rings (SSSR count). The van der Waals surface area contributed by atoms with Crippen molar-refractivity contribution < 1.29 is 19.4 Å². The van der Waals surface area contributed by atoms with Gasteiger partial charge in [0, 0.05) is 25.6 Å². The van der Waals surface area contributed by atoms with Gasteiger partial charge in [-0.25, -0.2) is 0 Å². The van der Waals surface area contributed by atoms with E-state index in [0.717, 1.165) is 11.3 Å². The van der Waals surface area contributed by atoms with Crippen LogP contribution in [0.2, 0.25) is 0 Å². The smallest absolute Gasteiger partial charge is 0.303 e. The maximum Gasteiger partial charge on any atom is 0.303 e. The molecule has 1 amide bonds. The van der Waals surface area contributed by atoms with E-state index in [1.807, 2.05) is 31.2 Å². The maximum atomic E-state index is 11.7. The molecule has 1 aromatic rings. The molecule has 0 saturated carbocycles. The summed E-state index contributed by atoms with van der Waals surface area (Å²) in [5.74, 6) is -0.927. The minimum atomic E-state index is -0.827. The van der Waals surface area contributed by atoms with E-state index in [9.17, 15) is 9.59 Å². The molecule has 110 valence electrons. The first-order valence-electron chi connectivity index (χ1n) is 6.67. The molecular formula is C15H21NO4. The first-order chi connectivity index (χ1) is 9.52. The number of rotatable bonds is 8. The number of nitrogens with one attached hydrogen (secondary N) is 1. The summed E-state index contributed by atoms with van der Waals surface area (Å²) >= 11 is 0. The molecule has 0 spiro atoms. The summed E-state index contributed by atoms with van der Waals surface area (Å²) < 4.78 is 5.23. The first-order valence-corrected chi connectivity index (χ1v) is 6.67. The quantitative estimate of drug-likeness (QED) is 0.717. The molecule has 0 bridgehead atoms. The number of benzene rings is 1. The third-order valence-corrected chi connectivity index (χ3v) is 3.04. The van der Waals surface area contributed by atoms with E-state index in [1.54, 1.807) is 7.11 Å². The lowest BCUT2D eigenvalue weighted by Crippen LogP contribution is -2.11. The standard InChI is InChI=1S/C15H21NO4/c1-11(20-2)12-6-5-7-13(10-12)16-14(17)8-3-4-9-15(18)19/h5-7,10-11H,3-4,8-9H2,1-2H3,(H,16,17)(H,18,19). The van der Waals surface area contributed by atoms with Gasteiger partial charge in [0.25, 0.3) is 0 Å². The number of unbranched alkanes of at least 4 members (excludes halogenated alkanes) is 1. The average molecular weight is 279 g/mol. The van der Waals surface area contributed by atoms with Crippen LogP contribution in [-0.4, -0.2) is 24.1 Å². The molecular weight excluding hydrogens is 258 g/mol. The number of methoxy groups -OCH3 is 1. The Hall–Kier alpha value is -1.88. The van der Waals surface area contributed by atoms with E-state index in [4.69, 9.17) is 9.84 Å². The van der Waals surface area contributed by atoms with Crippen LogP contribution in [0.4, 0.5) is 5.69 Å². The Morgan fingerprint density at radius 1 is 1.30 bits per heavy atom. The fraction of sp³-hybridized carbons (Fsp3) is 0.467. The zero-order valence-corrected chi connectivity index (χ0v) is 11.9. The second kappa shape index (κ2) is 8.32. The SMILES string of the molecule is COC(C)c1cccc(NC(=O)CCCCC(=O)O)c1. The normalized spacial score (nSPS) is 11.9. The van der Waals surface area contributed by atoms with Crippen molar-refractivity contribution in [1.82, 2.24) is 0 Å². The molecule has 0 radical (unpaired) electrons. The third kappa shape index (κ3) is 5.84. The molecule has 0 aromatic heterocycles. The molecule has 0 heterocycles. The first kappa shape index (κ1) is 16.2. The fourth-order valence-electron chi connectivity index (χ4n) is 1.79. The van der Waals surface area contributed by atoms with Crippen LogP contribution in [0.5, 0.6) is 0 Å². The summed E-state index contributed by atoms with van der Waals surface area (Å²) in [5, 5.41) is 11.3. The Morgan fingerprint density at radius 2 is 2.00 bits per heavy atom. The summed E-state index contributed by atoms with van der Waals surface area (Å²) in [4.78, 5) is 22.1. The fourth-order valence-corrected chi connectivity index (χ4v) is 1.79. The van der Waals surface area contributed by atoms with Crippen LogP contribution < -0.4 is 5.32 Å². The number of hydrogen-bond donors (Lipinski definition) is 2. The van der Waals surface area contributed by atoms with E-state index in [2.05, 4.69) is 5.32 Å². The topological polar surface area (TPSA) is 75.6 Å². The second-order valence-electron chi connectivity index (χ2n) is 4.65. The number of carboxylic acid groups (broad SMARTS) is 1.